The van der Waals surface area contributed by atoms with Crippen LogP contribution in [0.15, 0.2) is 9.95 Å². The van der Waals surface area contributed by atoms with Crippen LogP contribution in [-0.2, 0) is 29.1 Å². The van der Waals surface area contributed by atoms with Crippen LogP contribution in [0.4, 0.5) is 0 Å². The van der Waals surface area contributed by atoms with Gasteiger partial charge in [-0.15, -0.1) is 0 Å². The third-order valence-corrected chi connectivity index (χ3v) is 6.70. The van der Waals surface area contributed by atoms with E-state index >= 15 is 0 Å². The van der Waals surface area contributed by atoms with E-state index in [0.29, 0.717) is 0 Å². The highest BCUT2D eigenvalue weighted by Crippen LogP contribution is 2.22. The molecule has 21 heavy (non-hydrogen) atoms. The molecule has 0 N–H and O–H groups in total. The van der Waals surface area contributed by atoms with Gasteiger partial charge in [-0.1, -0.05) is 13.3 Å². The van der Waals surface area contributed by atoms with Crippen molar-refractivity contribution in [3.05, 3.63) is 16.0 Å². The van der Waals surface area contributed by atoms with Crippen LogP contribution in [0.25, 0.3) is 10.2 Å². The summed E-state index contributed by atoms with van der Waals surface area (Å²) in [7, 11) is 1.86. The minimum Gasteiger partial charge on any atom is -0.372 e. The monoisotopic (exact) mass is 326 g/mol. The maximum absolute atomic E-state index is 12.7. The van der Waals surface area contributed by atoms with Crippen molar-refractivity contribution in [1.29, 1.82) is 0 Å². The first kappa shape index (κ1) is 15.0. The van der Waals surface area contributed by atoms with E-state index in [2.05, 4.69) is 11.3 Å². The van der Waals surface area contributed by atoms with Crippen LogP contribution in [-0.4, -0.2) is 38.6 Å². The fraction of sp³-hybridized carbons (Fsp3) is 0.643. The summed E-state index contributed by atoms with van der Waals surface area (Å²) in [5.74, 6) is 1.93. The quantitative estimate of drug-likeness (QED) is 0.634. The molecule has 0 aromatic carbocycles. The minimum atomic E-state index is 0.0237. The lowest BCUT2D eigenvalue weighted by Gasteiger charge is -2.14. The van der Waals surface area contributed by atoms with E-state index < -0.39 is 0 Å². The summed E-state index contributed by atoms with van der Waals surface area (Å²) in [6.07, 6.45) is 3.03. The van der Waals surface area contributed by atoms with Gasteiger partial charge in [-0.25, -0.2) is 0 Å². The van der Waals surface area contributed by atoms with Crippen LogP contribution in [0.3, 0.4) is 0 Å². The van der Waals surface area contributed by atoms with Crippen LogP contribution in [0, 0.1) is 0 Å². The van der Waals surface area contributed by atoms with Crippen molar-refractivity contribution < 1.29 is 4.74 Å². The smallest absolute Gasteiger partial charge is 0.329 e. The maximum Gasteiger partial charge on any atom is 0.329 e. The first-order chi connectivity index (χ1) is 10.2. The predicted molar refractivity (Wildman–Crippen MR) is 87.5 cm³/mol. The molecule has 0 spiro atoms. The summed E-state index contributed by atoms with van der Waals surface area (Å²) in [5, 5.41) is 1.65. The Morgan fingerprint density at radius 2 is 2.14 bits per heavy atom. The van der Waals surface area contributed by atoms with Crippen molar-refractivity contribution in [3.8, 4) is 0 Å². The highest BCUT2D eigenvalue weighted by Gasteiger charge is 2.31. The molecule has 114 valence electrons. The molecule has 0 radical (unpaired) electrons. The molecule has 3 heterocycles. The molecule has 0 bridgehead atoms. The van der Waals surface area contributed by atoms with E-state index in [0.717, 1.165) is 65.0 Å². The fourth-order valence-electron chi connectivity index (χ4n) is 2.50. The second kappa shape index (κ2) is 6.46. The lowest BCUT2D eigenvalue weighted by molar-refractivity contribution is 0.159. The Labute approximate surface area is 130 Å². The molecule has 7 heteroatoms. The number of unbranched alkanes of at least 4 members (excludes halogenated alkanes) is 1. The lowest BCUT2D eigenvalue weighted by atomic mass is 10.1. The third kappa shape index (κ3) is 2.86. The van der Waals surface area contributed by atoms with Gasteiger partial charge >= 0.3 is 5.16 Å². The van der Waals surface area contributed by atoms with E-state index in [4.69, 9.17) is 9.72 Å². The van der Waals surface area contributed by atoms with E-state index in [1.54, 1.807) is 4.57 Å². The molecule has 3 rings (SSSR count). The zero-order valence-corrected chi connectivity index (χ0v) is 14.1. The molecule has 1 aliphatic rings. The number of ether oxygens (including phenoxy) is 1. The van der Waals surface area contributed by atoms with Crippen molar-refractivity contribution in [3.63, 3.8) is 0 Å². The molecule has 2 aromatic heterocycles. The van der Waals surface area contributed by atoms with Gasteiger partial charge in [0, 0.05) is 7.05 Å². The standard InChI is InChI=1S/C14H20N3O2S2/c1-3-4-5-10-11-12(20-16-10)15-14(17(2)13(11)18)21-8-6-19-7-9-21/h3-9H2,1-2H3/q+1. The number of hydrogen-bond donors (Lipinski definition) is 0. The summed E-state index contributed by atoms with van der Waals surface area (Å²) in [6, 6.07) is 0. The Hall–Kier alpha value is -0.920. The van der Waals surface area contributed by atoms with E-state index in [9.17, 15) is 4.79 Å². The summed E-state index contributed by atoms with van der Waals surface area (Å²) < 4.78 is 11.6. The molecule has 1 aliphatic heterocycles. The Morgan fingerprint density at radius 1 is 1.38 bits per heavy atom. The average molecular weight is 326 g/mol. The second-order valence-corrected chi connectivity index (χ2v) is 8.10. The SMILES string of the molecule is CCCCc1nsc2nc([S+]3CCOCC3)n(C)c(=O)c12. The highest BCUT2D eigenvalue weighted by molar-refractivity contribution is 7.96. The van der Waals surface area contributed by atoms with E-state index in [-0.39, 0.29) is 16.5 Å². The molecule has 1 fully saturated rings. The third-order valence-electron chi connectivity index (χ3n) is 3.72. The summed E-state index contributed by atoms with van der Waals surface area (Å²) in [5.41, 5.74) is 0.987. The second-order valence-electron chi connectivity index (χ2n) is 5.18. The van der Waals surface area contributed by atoms with Gasteiger partial charge < -0.3 is 4.74 Å². The summed E-state index contributed by atoms with van der Waals surface area (Å²) in [6.45, 7) is 3.68. The van der Waals surface area contributed by atoms with Crippen molar-refractivity contribution in [2.75, 3.05) is 24.7 Å². The van der Waals surface area contributed by atoms with Crippen LogP contribution in [0.5, 0.6) is 0 Å². The normalized spacial score (nSPS) is 16.7. The number of rotatable bonds is 4. The number of fused-ring (bicyclic) bond motifs is 1. The molecule has 0 saturated carbocycles. The van der Waals surface area contributed by atoms with Crippen LogP contribution in [0.1, 0.15) is 25.5 Å². The van der Waals surface area contributed by atoms with Crippen LogP contribution < -0.4 is 5.56 Å². The molecule has 0 unspecified atom stereocenters. The van der Waals surface area contributed by atoms with Gasteiger partial charge in [0.25, 0.3) is 5.56 Å². The molecule has 1 saturated heterocycles. The summed E-state index contributed by atoms with van der Waals surface area (Å²) >= 11 is 1.36. The zero-order chi connectivity index (χ0) is 14.8. The first-order valence-electron chi connectivity index (χ1n) is 7.33. The number of aryl methyl sites for hydroxylation is 1. The van der Waals surface area contributed by atoms with Gasteiger partial charge in [-0.2, -0.15) is 9.36 Å². The molecule has 2 aromatic rings. The molecule has 0 amide bonds. The Morgan fingerprint density at radius 3 is 2.86 bits per heavy atom. The number of hydrogen-bond acceptors (Lipinski definition) is 5. The predicted octanol–water partition coefficient (Wildman–Crippen LogP) is 1.74. The summed E-state index contributed by atoms with van der Waals surface area (Å²) in [4.78, 5) is 18.3. The van der Waals surface area contributed by atoms with E-state index in [1.165, 1.54) is 11.5 Å². The van der Waals surface area contributed by atoms with Crippen molar-refractivity contribution in [1.82, 2.24) is 13.9 Å². The number of nitrogens with zero attached hydrogens (tertiary/aromatic N) is 3. The van der Waals surface area contributed by atoms with Crippen molar-refractivity contribution in [2.45, 2.75) is 31.3 Å². The van der Waals surface area contributed by atoms with Gasteiger partial charge in [0.15, 0.2) is 4.83 Å². The molecule has 0 aliphatic carbocycles. The van der Waals surface area contributed by atoms with Gasteiger partial charge in [0.1, 0.15) is 16.9 Å². The molecular weight excluding hydrogens is 306 g/mol. The van der Waals surface area contributed by atoms with Gasteiger partial charge in [-0.05, 0) is 24.4 Å². The van der Waals surface area contributed by atoms with Gasteiger partial charge in [-0.3, -0.25) is 9.36 Å². The van der Waals surface area contributed by atoms with Crippen LogP contribution in [0.2, 0.25) is 0 Å². The molecule has 5 nitrogen and oxygen atoms in total. The van der Waals surface area contributed by atoms with Crippen LogP contribution >= 0.6 is 11.5 Å². The van der Waals surface area contributed by atoms with E-state index in [1.807, 2.05) is 7.05 Å². The average Bonchev–Trinajstić information content (AvgIpc) is 2.92. The fourth-order valence-corrected chi connectivity index (χ4v) is 5.26. The Bertz CT molecular complexity index is 689. The highest BCUT2D eigenvalue weighted by atomic mass is 32.2. The molecule has 0 atom stereocenters. The Kier molecular flexibility index (Phi) is 4.61. The van der Waals surface area contributed by atoms with Crippen molar-refractivity contribution in [2.24, 2.45) is 7.05 Å². The maximum atomic E-state index is 12.7. The van der Waals surface area contributed by atoms with Gasteiger partial charge in [0.05, 0.1) is 29.8 Å². The number of aromatic nitrogens is 3. The Balaban J connectivity index is 2.05. The minimum absolute atomic E-state index is 0.0237. The lowest BCUT2D eigenvalue weighted by Crippen LogP contribution is -2.33. The molecular formula is C14H20N3O2S2+. The largest absolute Gasteiger partial charge is 0.372 e. The zero-order valence-electron chi connectivity index (χ0n) is 12.4. The van der Waals surface area contributed by atoms with Crippen molar-refractivity contribution >= 4 is 32.6 Å². The topological polar surface area (TPSA) is 57.0 Å². The van der Waals surface area contributed by atoms with Gasteiger partial charge in [0.2, 0.25) is 0 Å². The first-order valence-corrected chi connectivity index (χ1v) is 9.66.